The van der Waals surface area contributed by atoms with Crippen LogP contribution in [0, 0.1) is 0 Å². The number of hydrogen-bond acceptors (Lipinski definition) is 4. The van der Waals surface area contributed by atoms with Gasteiger partial charge in [0.05, 0.1) is 12.2 Å². The summed E-state index contributed by atoms with van der Waals surface area (Å²) in [6.07, 6.45) is 4.84. The molecule has 1 rings (SSSR count). The topological polar surface area (TPSA) is 56.5 Å². The van der Waals surface area contributed by atoms with Crippen molar-refractivity contribution in [2.24, 2.45) is 5.84 Å². The van der Waals surface area contributed by atoms with E-state index >= 15 is 0 Å². The Morgan fingerprint density at radius 3 is 2.60 bits per heavy atom. The standard InChI is InChI=1S/C11H22N2O2/c1-4-11(5-2,14-3)10(13-12)9-7-6-8-15-9/h7,10,13H,4-6,8,12H2,1-3H3. The molecule has 3 N–H and O–H groups in total. The van der Waals surface area contributed by atoms with E-state index in [0.717, 1.165) is 31.6 Å². The van der Waals surface area contributed by atoms with Gasteiger partial charge in [0.2, 0.25) is 0 Å². The molecule has 88 valence electrons. The molecule has 1 heterocycles. The smallest absolute Gasteiger partial charge is 0.113 e. The first-order valence-electron chi connectivity index (χ1n) is 5.58. The van der Waals surface area contributed by atoms with Gasteiger partial charge >= 0.3 is 0 Å². The zero-order valence-electron chi connectivity index (χ0n) is 9.88. The van der Waals surface area contributed by atoms with Crippen LogP contribution >= 0.6 is 0 Å². The summed E-state index contributed by atoms with van der Waals surface area (Å²) < 4.78 is 11.2. The fraction of sp³-hybridized carbons (Fsp3) is 0.818. The lowest BCUT2D eigenvalue weighted by Gasteiger charge is -2.38. The fourth-order valence-electron chi connectivity index (χ4n) is 2.20. The summed E-state index contributed by atoms with van der Waals surface area (Å²) in [6.45, 7) is 4.96. The summed E-state index contributed by atoms with van der Waals surface area (Å²) in [5, 5.41) is 0. The van der Waals surface area contributed by atoms with E-state index < -0.39 is 0 Å². The van der Waals surface area contributed by atoms with Gasteiger partial charge in [-0.2, -0.15) is 0 Å². The van der Waals surface area contributed by atoms with Crippen molar-refractivity contribution in [3.63, 3.8) is 0 Å². The van der Waals surface area contributed by atoms with Crippen molar-refractivity contribution in [3.8, 4) is 0 Å². The van der Waals surface area contributed by atoms with Gasteiger partial charge in [-0.05, 0) is 18.9 Å². The van der Waals surface area contributed by atoms with Crippen molar-refractivity contribution in [1.82, 2.24) is 5.43 Å². The molecule has 0 fully saturated rings. The minimum atomic E-state index is -0.273. The molecule has 4 heteroatoms. The van der Waals surface area contributed by atoms with Gasteiger partial charge in [0.15, 0.2) is 0 Å². The third kappa shape index (κ3) is 2.33. The number of methoxy groups -OCH3 is 1. The third-order valence-corrected chi connectivity index (χ3v) is 3.31. The molecule has 0 aromatic heterocycles. The van der Waals surface area contributed by atoms with Crippen LogP contribution in [0.3, 0.4) is 0 Å². The zero-order valence-corrected chi connectivity index (χ0v) is 9.88. The van der Waals surface area contributed by atoms with Crippen LogP contribution in [0.1, 0.15) is 33.1 Å². The summed E-state index contributed by atoms with van der Waals surface area (Å²) >= 11 is 0. The number of rotatable bonds is 6. The summed E-state index contributed by atoms with van der Waals surface area (Å²) in [5.74, 6) is 6.53. The van der Waals surface area contributed by atoms with Crippen LogP contribution in [0.4, 0.5) is 0 Å². The van der Waals surface area contributed by atoms with Gasteiger partial charge in [-0.3, -0.25) is 5.84 Å². The highest BCUT2D eigenvalue weighted by Gasteiger charge is 2.39. The van der Waals surface area contributed by atoms with Crippen LogP contribution in [0.5, 0.6) is 0 Å². The van der Waals surface area contributed by atoms with E-state index in [4.69, 9.17) is 15.3 Å². The van der Waals surface area contributed by atoms with E-state index in [2.05, 4.69) is 25.3 Å². The lowest BCUT2D eigenvalue weighted by Crippen LogP contribution is -2.55. The number of hydrogen-bond donors (Lipinski definition) is 2. The maximum atomic E-state index is 5.64. The molecule has 0 aromatic carbocycles. The van der Waals surface area contributed by atoms with Crippen LogP contribution in [0.2, 0.25) is 0 Å². The van der Waals surface area contributed by atoms with Gasteiger partial charge < -0.3 is 9.47 Å². The van der Waals surface area contributed by atoms with Gasteiger partial charge in [0, 0.05) is 13.5 Å². The summed E-state index contributed by atoms with van der Waals surface area (Å²) in [7, 11) is 1.73. The fourth-order valence-corrected chi connectivity index (χ4v) is 2.20. The van der Waals surface area contributed by atoms with Crippen molar-refractivity contribution in [2.45, 2.75) is 44.8 Å². The van der Waals surface area contributed by atoms with Gasteiger partial charge in [0.1, 0.15) is 11.8 Å². The number of nitrogens with one attached hydrogen (secondary N) is 1. The summed E-state index contributed by atoms with van der Waals surface area (Å²) in [6, 6.07) is -0.0556. The van der Waals surface area contributed by atoms with Crippen LogP contribution in [-0.4, -0.2) is 25.4 Å². The summed E-state index contributed by atoms with van der Waals surface area (Å²) in [5.41, 5.74) is 2.55. The van der Waals surface area contributed by atoms with Gasteiger partial charge in [-0.15, -0.1) is 0 Å². The lowest BCUT2D eigenvalue weighted by molar-refractivity contribution is -0.0493. The molecule has 1 atom stereocenters. The number of nitrogens with two attached hydrogens (primary N) is 1. The molecule has 0 bridgehead atoms. The predicted octanol–water partition coefficient (Wildman–Crippen LogP) is 1.33. The molecular weight excluding hydrogens is 192 g/mol. The first-order valence-corrected chi connectivity index (χ1v) is 5.58. The Kier molecular flexibility index (Phi) is 4.57. The van der Waals surface area contributed by atoms with E-state index in [1.165, 1.54) is 0 Å². The molecular formula is C11H22N2O2. The second-order valence-electron chi connectivity index (χ2n) is 3.82. The molecule has 0 amide bonds. The van der Waals surface area contributed by atoms with E-state index in [1.54, 1.807) is 7.11 Å². The normalized spacial score (nSPS) is 18.5. The van der Waals surface area contributed by atoms with E-state index in [1.807, 2.05) is 0 Å². The molecule has 0 saturated carbocycles. The van der Waals surface area contributed by atoms with Crippen molar-refractivity contribution in [2.75, 3.05) is 13.7 Å². The molecule has 0 aromatic rings. The highest BCUT2D eigenvalue weighted by Crippen LogP contribution is 2.30. The Morgan fingerprint density at radius 2 is 2.27 bits per heavy atom. The Balaban J connectivity index is 2.86. The molecule has 1 aliphatic rings. The molecule has 1 unspecified atom stereocenters. The zero-order chi connectivity index (χ0) is 11.3. The van der Waals surface area contributed by atoms with Crippen LogP contribution in [0.25, 0.3) is 0 Å². The second kappa shape index (κ2) is 5.49. The molecule has 0 saturated heterocycles. The lowest BCUT2D eigenvalue weighted by atomic mass is 9.87. The minimum Gasteiger partial charge on any atom is -0.496 e. The monoisotopic (exact) mass is 214 g/mol. The van der Waals surface area contributed by atoms with E-state index in [9.17, 15) is 0 Å². The van der Waals surface area contributed by atoms with E-state index in [0.29, 0.717) is 0 Å². The molecule has 1 aliphatic heterocycles. The Bertz CT molecular complexity index is 216. The minimum absolute atomic E-state index is 0.0556. The first-order chi connectivity index (χ1) is 7.24. The molecule has 0 aliphatic carbocycles. The number of hydrazine groups is 1. The van der Waals surface area contributed by atoms with Crippen LogP contribution in [0.15, 0.2) is 11.8 Å². The highest BCUT2D eigenvalue weighted by atomic mass is 16.5. The predicted molar refractivity (Wildman–Crippen MR) is 60.1 cm³/mol. The molecule has 4 nitrogen and oxygen atoms in total. The van der Waals surface area contributed by atoms with Crippen molar-refractivity contribution >= 4 is 0 Å². The van der Waals surface area contributed by atoms with Crippen molar-refractivity contribution in [3.05, 3.63) is 11.8 Å². The Morgan fingerprint density at radius 1 is 1.60 bits per heavy atom. The SMILES string of the molecule is CCC(CC)(OC)C(NN)C1=CCCO1. The second-order valence-corrected chi connectivity index (χ2v) is 3.82. The first kappa shape index (κ1) is 12.5. The Hall–Kier alpha value is -0.580. The maximum Gasteiger partial charge on any atom is 0.113 e. The summed E-state index contributed by atoms with van der Waals surface area (Å²) in [4.78, 5) is 0. The average Bonchev–Trinajstić information content (AvgIpc) is 2.79. The maximum absolute atomic E-state index is 5.64. The van der Waals surface area contributed by atoms with Crippen molar-refractivity contribution in [1.29, 1.82) is 0 Å². The largest absolute Gasteiger partial charge is 0.496 e. The highest BCUT2D eigenvalue weighted by molar-refractivity contribution is 5.14. The third-order valence-electron chi connectivity index (χ3n) is 3.31. The Labute approximate surface area is 91.8 Å². The van der Waals surface area contributed by atoms with E-state index in [-0.39, 0.29) is 11.6 Å². The van der Waals surface area contributed by atoms with Gasteiger partial charge in [0.25, 0.3) is 0 Å². The van der Waals surface area contributed by atoms with Crippen LogP contribution in [-0.2, 0) is 9.47 Å². The van der Waals surface area contributed by atoms with Crippen molar-refractivity contribution < 1.29 is 9.47 Å². The van der Waals surface area contributed by atoms with Gasteiger partial charge in [-0.1, -0.05) is 13.8 Å². The molecule has 0 spiro atoms. The van der Waals surface area contributed by atoms with Crippen LogP contribution < -0.4 is 11.3 Å². The molecule has 0 radical (unpaired) electrons. The molecule has 15 heavy (non-hydrogen) atoms. The quantitative estimate of drug-likeness (QED) is 0.517. The number of ether oxygens (including phenoxy) is 2. The van der Waals surface area contributed by atoms with Gasteiger partial charge in [-0.25, -0.2) is 5.43 Å². The average molecular weight is 214 g/mol.